The maximum absolute atomic E-state index is 5.85. The zero-order chi connectivity index (χ0) is 39.6. The number of hydrogen-bond acceptors (Lipinski definition) is 9. The predicted molar refractivity (Wildman–Crippen MR) is 241 cm³/mol. The summed E-state index contributed by atoms with van der Waals surface area (Å²) < 4.78 is 10.3. The maximum atomic E-state index is 5.85. The van der Waals surface area contributed by atoms with E-state index in [4.69, 9.17) is 20.9 Å². The van der Waals surface area contributed by atoms with Crippen molar-refractivity contribution in [3.63, 3.8) is 0 Å². The summed E-state index contributed by atoms with van der Waals surface area (Å²) in [5, 5.41) is 12.8. The summed E-state index contributed by atoms with van der Waals surface area (Å²) in [4.78, 5) is 17.4. The van der Waals surface area contributed by atoms with Crippen LogP contribution in [0.25, 0.3) is 0 Å². The van der Waals surface area contributed by atoms with Crippen molar-refractivity contribution in [1.82, 2.24) is 21.3 Å². The summed E-state index contributed by atoms with van der Waals surface area (Å²) in [7, 11) is 3.34. The first kappa shape index (κ1) is 49.8. The van der Waals surface area contributed by atoms with Gasteiger partial charge >= 0.3 is 0 Å². The number of nitrogens with zero attached hydrogens (tertiary/aromatic N) is 4. The second-order valence-electron chi connectivity index (χ2n) is 13.9. The number of benzene rings is 2. The smallest absolute Gasteiger partial charge is 0.200 e. The van der Waals surface area contributed by atoms with E-state index in [9.17, 15) is 0 Å². The Kier molecular flexibility index (Phi) is 30.3. The van der Waals surface area contributed by atoms with Gasteiger partial charge in [0, 0.05) is 26.2 Å². The van der Waals surface area contributed by atoms with Crippen molar-refractivity contribution in [1.29, 1.82) is 0 Å². The molecule has 0 saturated carbocycles. The van der Waals surface area contributed by atoms with Crippen LogP contribution in [0.1, 0.15) is 128 Å². The highest BCUT2D eigenvalue weighted by molar-refractivity contribution is 5.99. The molecule has 56 heavy (non-hydrogen) atoms. The van der Waals surface area contributed by atoms with E-state index < -0.39 is 0 Å². The first-order valence-electron chi connectivity index (χ1n) is 20.9. The summed E-state index contributed by atoms with van der Waals surface area (Å²) in [5.41, 5.74) is 14.2. The molecule has 0 amide bonds. The van der Waals surface area contributed by atoms with E-state index in [1.54, 1.807) is 14.2 Å². The Morgan fingerprint density at radius 1 is 0.589 bits per heavy atom. The molecule has 0 radical (unpaired) electrons. The Labute approximate surface area is 345 Å². The van der Waals surface area contributed by atoms with Gasteiger partial charge in [0.15, 0.2) is 23.8 Å². The van der Waals surface area contributed by atoms with Gasteiger partial charge in [-0.1, -0.05) is 128 Å². The van der Waals surface area contributed by atoms with Gasteiger partial charge < -0.3 is 31.6 Å². The first-order chi connectivity index (χ1) is 27.0. The lowest BCUT2D eigenvalue weighted by molar-refractivity contribution is 0.414. The average Bonchev–Trinajstić information content (AvgIpc) is 3.20. The number of nitrogens with one attached hydrogen (secondary N) is 4. The molecule has 3 rings (SSSR count). The highest BCUT2D eigenvalue weighted by Crippen LogP contribution is 2.13. The molecule has 1 aliphatic heterocycles. The van der Waals surface area contributed by atoms with Crippen molar-refractivity contribution in [2.45, 2.75) is 129 Å². The van der Waals surface area contributed by atoms with Gasteiger partial charge in [-0.05, 0) is 61.1 Å². The number of hydrogen-bond donors (Lipinski definition) is 6. The average molecular weight is 800 g/mol. The SMILES string of the molecule is CCCCCCCCCCN=C(N)NC(N)=NCCc1ccc(OC)cc1.CCCCCCCCCCNC1=NCN=C(NCCc2ccc(OC)cc2)N1.Cl. The van der Waals surface area contributed by atoms with Crippen molar-refractivity contribution >= 4 is 36.2 Å². The van der Waals surface area contributed by atoms with Crippen LogP contribution in [0.2, 0.25) is 0 Å². The number of methoxy groups -OCH3 is 2. The Balaban J connectivity index is 0.000000551. The van der Waals surface area contributed by atoms with Crippen molar-refractivity contribution < 1.29 is 9.47 Å². The van der Waals surface area contributed by atoms with E-state index in [2.05, 4.69) is 67.2 Å². The molecular weight excluding hydrogens is 724 g/mol. The second-order valence-corrected chi connectivity index (χ2v) is 13.9. The molecule has 8 N–H and O–H groups in total. The lowest BCUT2D eigenvalue weighted by Crippen LogP contribution is -2.49. The number of aliphatic imine (C=N–C) groups is 4. The molecule has 1 heterocycles. The van der Waals surface area contributed by atoms with E-state index in [1.165, 1.54) is 107 Å². The summed E-state index contributed by atoms with van der Waals surface area (Å²) >= 11 is 0. The van der Waals surface area contributed by atoms with Gasteiger partial charge in [-0.3, -0.25) is 20.6 Å². The molecule has 316 valence electrons. The third-order valence-electron chi connectivity index (χ3n) is 9.27. The summed E-state index contributed by atoms with van der Waals surface area (Å²) in [6.45, 7) is 8.08. The van der Waals surface area contributed by atoms with E-state index in [0.717, 1.165) is 62.3 Å². The van der Waals surface area contributed by atoms with Crippen molar-refractivity contribution in [3.8, 4) is 11.5 Å². The standard InChI is InChI=1S/C22H37N5O.C21H37N5O.ClH/c1-3-4-5-6-7-8-9-10-16-23-21-25-18-26-22(27-21)24-17-15-19-11-13-20(28-2)14-12-19;1-3-4-5-6-7-8-9-10-16-24-20(22)26-21(23)25-17-15-18-11-13-19(27-2)14-12-18;/h11-14H,3-10,15-18H2,1-2H3,(H3,23,24,25,26,27);11-14H,3-10,15-17H2,1-2H3,(H5,22,23,24,25,26);1H. The van der Waals surface area contributed by atoms with E-state index in [0.29, 0.717) is 25.1 Å². The molecule has 0 fully saturated rings. The zero-order valence-electron chi connectivity index (χ0n) is 35.1. The minimum atomic E-state index is 0. The topological polar surface area (TPSA) is 168 Å². The largest absolute Gasteiger partial charge is 0.497 e. The molecule has 2 aromatic rings. The molecule has 0 unspecified atom stereocenters. The number of nitrogens with two attached hydrogens (primary N) is 2. The number of guanidine groups is 4. The van der Waals surface area contributed by atoms with Crippen molar-refractivity contribution in [2.75, 3.05) is 47.1 Å². The quantitative estimate of drug-likeness (QED) is 0.0318. The number of ether oxygens (including phenoxy) is 2. The van der Waals surface area contributed by atoms with Crippen LogP contribution in [0.15, 0.2) is 68.5 Å². The Morgan fingerprint density at radius 2 is 1.02 bits per heavy atom. The molecule has 13 heteroatoms. The lowest BCUT2D eigenvalue weighted by Gasteiger charge is -2.18. The number of rotatable bonds is 26. The van der Waals surface area contributed by atoms with Gasteiger partial charge in [0.25, 0.3) is 0 Å². The lowest BCUT2D eigenvalue weighted by atomic mass is 10.1. The fourth-order valence-corrected chi connectivity index (χ4v) is 5.90. The van der Waals surface area contributed by atoms with Crippen LogP contribution in [0.3, 0.4) is 0 Å². The van der Waals surface area contributed by atoms with Crippen LogP contribution < -0.4 is 42.2 Å². The minimum absolute atomic E-state index is 0. The molecule has 0 saturated heterocycles. The summed E-state index contributed by atoms with van der Waals surface area (Å²) in [6.07, 6.45) is 22.6. The van der Waals surface area contributed by atoms with Gasteiger partial charge in [0.2, 0.25) is 0 Å². The minimum Gasteiger partial charge on any atom is -0.497 e. The zero-order valence-corrected chi connectivity index (χ0v) is 35.9. The molecule has 0 atom stereocenters. The normalized spacial score (nSPS) is 12.6. The van der Waals surface area contributed by atoms with Gasteiger partial charge in [-0.25, -0.2) is 9.98 Å². The van der Waals surface area contributed by atoms with Gasteiger partial charge in [-0.15, -0.1) is 12.4 Å². The second kappa shape index (κ2) is 34.1. The van der Waals surface area contributed by atoms with E-state index >= 15 is 0 Å². The Hall–Kier alpha value is -4.19. The molecular formula is C43H75ClN10O2. The monoisotopic (exact) mass is 799 g/mol. The number of unbranched alkanes of at least 4 members (excludes halogenated alkanes) is 14. The van der Waals surface area contributed by atoms with E-state index in [-0.39, 0.29) is 12.4 Å². The number of halogens is 1. The third kappa shape index (κ3) is 25.8. The highest BCUT2D eigenvalue weighted by atomic mass is 35.5. The third-order valence-corrected chi connectivity index (χ3v) is 9.27. The molecule has 2 aromatic carbocycles. The first-order valence-corrected chi connectivity index (χ1v) is 20.9. The van der Waals surface area contributed by atoms with Crippen LogP contribution in [-0.2, 0) is 12.8 Å². The summed E-state index contributed by atoms with van der Waals surface area (Å²) in [6, 6.07) is 16.1. The van der Waals surface area contributed by atoms with Crippen LogP contribution in [0.5, 0.6) is 11.5 Å². The molecule has 0 aliphatic carbocycles. The fourth-order valence-electron chi connectivity index (χ4n) is 5.90. The highest BCUT2D eigenvalue weighted by Gasteiger charge is 2.08. The molecule has 0 spiro atoms. The predicted octanol–water partition coefficient (Wildman–Crippen LogP) is 7.85. The molecule has 0 aromatic heterocycles. The fraction of sp³-hybridized carbons (Fsp3) is 0.628. The van der Waals surface area contributed by atoms with Gasteiger partial charge in [0.05, 0.1) is 14.2 Å². The maximum Gasteiger partial charge on any atom is 0.200 e. The van der Waals surface area contributed by atoms with Crippen LogP contribution in [0, 0.1) is 0 Å². The molecule has 0 bridgehead atoms. The van der Waals surface area contributed by atoms with E-state index in [1.807, 2.05) is 36.4 Å². The van der Waals surface area contributed by atoms with Crippen LogP contribution in [0.4, 0.5) is 0 Å². The Morgan fingerprint density at radius 3 is 1.52 bits per heavy atom. The van der Waals surface area contributed by atoms with Gasteiger partial charge in [-0.2, -0.15) is 0 Å². The van der Waals surface area contributed by atoms with Crippen LogP contribution in [-0.4, -0.2) is 70.9 Å². The van der Waals surface area contributed by atoms with Crippen molar-refractivity contribution in [2.24, 2.45) is 31.4 Å². The van der Waals surface area contributed by atoms with Crippen LogP contribution >= 0.6 is 12.4 Å². The Bertz CT molecular complexity index is 1370. The molecule has 1 aliphatic rings. The van der Waals surface area contributed by atoms with Gasteiger partial charge in [0.1, 0.15) is 18.2 Å². The summed E-state index contributed by atoms with van der Waals surface area (Å²) in [5.74, 6) is 4.00. The van der Waals surface area contributed by atoms with Crippen molar-refractivity contribution in [3.05, 3.63) is 59.7 Å². The molecule has 12 nitrogen and oxygen atoms in total.